The zero-order valence-electron chi connectivity index (χ0n) is 11.1. The molecule has 1 atom stereocenters. The maximum absolute atomic E-state index is 13.6. The number of nitrogens with one attached hydrogen (secondary N) is 1. The second-order valence-corrected chi connectivity index (χ2v) is 5.73. The van der Waals surface area contributed by atoms with Gasteiger partial charge in [0.25, 0.3) is 0 Å². The molecule has 0 saturated carbocycles. The van der Waals surface area contributed by atoms with Gasteiger partial charge in [-0.2, -0.15) is 0 Å². The molecule has 0 saturated heterocycles. The van der Waals surface area contributed by atoms with Gasteiger partial charge < -0.3 is 9.73 Å². The first kappa shape index (κ1) is 15.5. The molecule has 1 aromatic carbocycles. The largest absolute Gasteiger partial charge is 0.448 e. The van der Waals surface area contributed by atoms with E-state index in [4.69, 9.17) is 16.0 Å². The first-order valence-corrected chi connectivity index (χ1v) is 7.70. The van der Waals surface area contributed by atoms with Crippen molar-refractivity contribution in [1.29, 1.82) is 0 Å². The topological polar surface area (TPSA) is 25.2 Å². The predicted molar refractivity (Wildman–Crippen MR) is 82.6 cm³/mol. The van der Waals surface area contributed by atoms with E-state index in [1.807, 2.05) is 12.1 Å². The quantitative estimate of drug-likeness (QED) is 0.773. The van der Waals surface area contributed by atoms with Gasteiger partial charge in [0.05, 0.1) is 10.5 Å². The van der Waals surface area contributed by atoms with Crippen molar-refractivity contribution in [3.8, 4) is 0 Å². The monoisotopic (exact) mass is 359 g/mol. The Kier molecular flexibility index (Phi) is 5.64. The molecule has 0 amide bonds. The van der Waals surface area contributed by atoms with E-state index in [1.54, 1.807) is 12.1 Å². The number of rotatable bonds is 6. The summed E-state index contributed by atoms with van der Waals surface area (Å²) in [4.78, 5) is 0. The van der Waals surface area contributed by atoms with Crippen LogP contribution >= 0.6 is 27.5 Å². The summed E-state index contributed by atoms with van der Waals surface area (Å²) in [7, 11) is 0. The molecule has 1 N–H and O–H groups in total. The van der Waals surface area contributed by atoms with Gasteiger partial charge in [0.15, 0.2) is 5.22 Å². The number of halogens is 3. The van der Waals surface area contributed by atoms with E-state index in [2.05, 4.69) is 28.2 Å². The predicted octanol–water partition coefficient (Wildman–Crippen LogP) is 5.12. The van der Waals surface area contributed by atoms with Crippen molar-refractivity contribution in [2.75, 3.05) is 6.54 Å². The molecule has 0 radical (unpaired) electrons. The molecule has 0 fully saturated rings. The highest BCUT2D eigenvalue weighted by Crippen LogP contribution is 2.28. The van der Waals surface area contributed by atoms with Crippen molar-refractivity contribution >= 4 is 27.5 Å². The van der Waals surface area contributed by atoms with Gasteiger partial charge in [-0.25, -0.2) is 4.39 Å². The zero-order valence-corrected chi connectivity index (χ0v) is 13.5. The summed E-state index contributed by atoms with van der Waals surface area (Å²) >= 11 is 9.13. The first-order chi connectivity index (χ1) is 9.61. The Hall–Kier alpha value is -0.840. The van der Waals surface area contributed by atoms with Crippen LogP contribution in [-0.2, 0) is 6.42 Å². The summed E-state index contributed by atoms with van der Waals surface area (Å²) in [6.07, 6.45) is 1.64. The van der Waals surface area contributed by atoms with Gasteiger partial charge >= 0.3 is 0 Å². The fourth-order valence-corrected chi connectivity index (χ4v) is 2.61. The SMILES string of the molecule is CCCNC(Cc1cccc(F)c1Br)c1ccc(Cl)o1. The molecule has 2 aromatic rings. The van der Waals surface area contributed by atoms with E-state index in [0.717, 1.165) is 24.3 Å². The van der Waals surface area contributed by atoms with Crippen LogP contribution < -0.4 is 5.32 Å². The third kappa shape index (κ3) is 3.84. The first-order valence-electron chi connectivity index (χ1n) is 6.53. The molecule has 0 aliphatic heterocycles. The Morgan fingerprint density at radius 2 is 2.15 bits per heavy atom. The summed E-state index contributed by atoms with van der Waals surface area (Å²) in [5.41, 5.74) is 0.895. The number of hydrogen-bond acceptors (Lipinski definition) is 2. The van der Waals surface area contributed by atoms with Crippen LogP contribution in [0.25, 0.3) is 0 Å². The Balaban J connectivity index is 2.21. The van der Waals surface area contributed by atoms with Gasteiger partial charge in [0, 0.05) is 0 Å². The molecule has 5 heteroatoms. The molecule has 2 nitrogen and oxygen atoms in total. The third-order valence-corrected chi connectivity index (χ3v) is 4.12. The van der Waals surface area contributed by atoms with Crippen molar-refractivity contribution in [3.63, 3.8) is 0 Å². The lowest BCUT2D eigenvalue weighted by Crippen LogP contribution is -2.23. The highest BCUT2D eigenvalue weighted by molar-refractivity contribution is 9.10. The highest BCUT2D eigenvalue weighted by Gasteiger charge is 2.17. The Morgan fingerprint density at radius 1 is 1.35 bits per heavy atom. The summed E-state index contributed by atoms with van der Waals surface area (Å²) in [5.74, 6) is 0.508. The summed E-state index contributed by atoms with van der Waals surface area (Å²) in [6, 6.07) is 8.59. The fraction of sp³-hybridized carbons (Fsp3) is 0.333. The van der Waals surface area contributed by atoms with Crippen LogP contribution in [0.2, 0.25) is 5.22 Å². The Morgan fingerprint density at radius 3 is 2.80 bits per heavy atom. The van der Waals surface area contributed by atoms with Crippen molar-refractivity contribution in [3.05, 3.63) is 57.2 Å². The lowest BCUT2D eigenvalue weighted by molar-refractivity contribution is 0.410. The summed E-state index contributed by atoms with van der Waals surface area (Å²) < 4.78 is 19.6. The van der Waals surface area contributed by atoms with Crippen LogP contribution in [0.1, 0.15) is 30.7 Å². The molecule has 1 aromatic heterocycles. The lowest BCUT2D eigenvalue weighted by atomic mass is 10.0. The molecular weight excluding hydrogens is 345 g/mol. The average molecular weight is 361 g/mol. The van der Waals surface area contributed by atoms with Crippen molar-refractivity contribution in [2.45, 2.75) is 25.8 Å². The molecule has 0 aliphatic carbocycles. The van der Waals surface area contributed by atoms with Gasteiger partial charge in [-0.1, -0.05) is 19.1 Å². The molecule has 108 valence electrons. The maximum atomic E-state index is 13.6. The number of benzene rings is 1. The molecule has 0 aliphatic rings. The number of furan rings is 1. The standard InChI is InChI=1S/C15H16BrClFNO/c1-2-8-19-12(13-6-7-14(17)20-13)9-10-4-3-5-11(18)15(10)16/h3-7,12,19H,2,8-9H2,1H3. The molecule has 1 heterocycles. The minimum Gasteiger partial charge on any atom is -0.448 e. The molecule has 1 unspecified atom stereocenters. The Bertz CT molecular complexity index is 573. The van der Waals surface area contributed by atoms with E-state index >= 15 is 0 Å². The van der Waals surface area contributed by atoms with Gasteiger partial charge in [-0.3, -0.25) is 0 Å². The van der Waals surface area contributed by atoms with E-state index in [9.17, 15) is 4.39 Å². The van der Waals surface area contributed by atoms with Crippen molar-refractivity contribution < 1.29 is 8.81 Å². The lowest BCUT2D eigenvalue weighted by Gasteiger charge is -2.17. The number of hydrogen-bond donors (Lipinski definition) is 1. The van der Waals surface area contributed by atoms with Gasteiger partial charge in [-0.15, -0.1) is 0 Å². The van der Waals surface area contributed by atoms with Crippen LogP contribution in [0.4, 0.5) is 4.39 Å². The second-order valence-electron chi connectivity index (χ2n) is 4.57. The maximum Gasteiger partial charge on any atom is 0.193 e. The smallest absolute Gasteiger partial charge is 0.193 e. The molecule has 2 rings (SSSR count). The minimum atomic E-state index is -0.255. The van der Waals surface area contributed by atoms with E-state index < -0.39 is 0 Å². The highest BCUT2D eigenvalue weighted by atomic mass is 79.9. The molecule has 0 spiro atoms. The van der Waals surface area contributed by atoms with E-state index in [1.165, 1.54) is 6.07 Å². The second kappa shape index (κ2) is 7.25. The minimum absolute atomic E-state index is 0.0273. The van der Waals surface area contributed by atoms with Crippen molar-refractivity contribution in [1.82, 2.24) is 5.32 Å². The van der Waals surface area contributed by atoms with Crippen LogP contribution in [0, 0.1) is 5.82 Å². The van der Waals surface area contributed by atoms with Crippen LogP contribution in [0.15, 0.2) is 39.2 Å². The van der Waals surface area contributed by atoms with E-state index in [-0.39, 0.29) is 11.9 Å². The van der Waals surface area contributed by atoms with Gasteiger partial charge in [0.1, 0.15) is 11.6 Å². The molecule has 20 heavy (non-hydrogen) atoms. The van der Waals surface area contributed by atoms with Crippen LogP contribution in [0.5, 0.6) is 0 Å². The van der Waals surface area contributed by atoms with Crippen LogP contribution in [0.3, 0.4) is 0 Å². The average Bonchev–Trinajstić information content (AvgIpc) is 2.86. The molecular formula is C15H16BrClFNO. The van der Waals surface area contributed by atoms with Gasteiger partial charge in [0.2, 0.25) is 0 Å². The fourth-order valence-electron chi connectivity index (χ4n) is 2.03. The zero-order chi connectivity index (χ0) is 14.5. The van der Waals surface area contributed by atoms with Crippen LogP contribution in [-0.4, -0.2) is 6.54 Å². The summed E-state index contributed by atoms with van der Waals surface area (Å²) in [5, 5.41) is 3.76. The van der Waals surface area contributed by atoms with Gasteiger partial charge in [-0.05, 0) is 70.7 Å². The third-order valence-electron chi connectivity index (χ3n) is 3.03. The Labute approximate surface area is 131 Å². The van der Waals surface area contributed by atoms with Crippen molar-refractivity contribution in [2.24, 2.45) is 0 Å². The normalized spacial score (nSPS) is 12.6. The summed E-state index contributed by atoms with van der Waals surface area (Å²) in [6.45, 7) is 2.95. The van der Waals surface area contributed by atoms with E-state index in [0.29, 0.717) is 16.1 Å². The molecule has 0 bridgehead atoms.